The summed E-state index contributed by atoms with van der Waals surface area (Å²) in [6, 6.07) is 8.53. The normalized spacial score (nSPS) is 11.7. The van der Waals surface area contributed by atoms with E-state index in [1.807, 2.05) is 13.0 Å². The van der Waals surface area contributed by atoms with Gasteiger partial charge in [0.2, 0.25) is 5.91 Å². The van der Waals surface area contributed by atoms with Crippen molar-refractivity contribution in [2.45, 2.75) is 26.3 Å². The number of amides is 1. The van der Waals surface area contributed by atoms with Gasteiger partial charge in [0.1, 0.15) is 6.07 Å². The van der Waals surface area contributed by atoms with E-state index in [-0.39, 0.29) is 24.9 Å². The molecule has 0 radical (unpaired) electrons. The molecule has 0 saturated heterocycles. The number of aliphatic carboxylic acids is 1. The highest BCUT2D eigenvalue weighted by molar-refractivity contribution is 5.93. The Morgan fingerprint density at radius 1 is 1.43 bits per heavy atom. The smallest absolute Gasteiger partial charge is 0.304 e. The highest BCUT2D eigenvalue weighted by Gasteiger charge is 2.18. The van der Waals surface area contributed by atoms with Crippen LogP contribution in [0.15, 0.2) is 24.3 Å². The summed E-state index contributed by atoms with van der Waals surface area (Å²) in [7, 11) is 0. The molecule has 1 rings (SSSR count). The number of carbonyl (C=O) groups excluding carboxylic acids is 1. The van der Waals surface area contributed by atoms with E-state index in [0.717, 1.165) is 0 Å². The van der Waals surface area contributed by atoms with Gasteiger partial charge < -0.3 is 10.4 Å². The molecular weight excluding hydrogens is 270 g/mol. The molecular formula is C15H19N3O3. The van der Waals surface area contributed by atoms with Crippen molar-refractivity contribution >= 4 is 17.6 Å². The number of para-hydroxylation sites is 1. The third kappa shape index (κ3) is 5.24. The van der Waals surface area contributed by atoms with E-state index in [1.54, 1.807) is 36.1 Å². The topological polar surface area (TPSA) is 93.4 Å². The Morgan fingerprint density at radius 2 is 2.10 bits per heavy atom. The fraction of sp³-hybridized carbons (Fsp3) is 0.400. The third-order valence-electron chi connectivity index (χ3n) is 3.17. The van der Waals surface area contributed by atoms with Crippen molar-refractivity contribution in [1.82, 2.24) is 4.90 Å². The number of benzene rings is 1. The molecule has 1 aromatic rings. The molecule has 0 heterocycles. The average Bonchev–Trinajstić information content (AvgIpc) is 2.44. The van der Waals surface area contributed by atoms with E-state index in [4.69, 9.17) is 10.4 Å². The molecule has 2 N–H and O–H groups in total. The molecule has 0 aliphatic heterocycles. The van der Waals surface area contributed by atoms with Gasteiger partial charge in [0.05, 0.1) is 24.2 Å². The minimum atomic E-state index is -0.892. The van der Waals surface area contributed by atoms with E-state index >= 15 is 0 Å². The quantitative estimate of drug-likeness (QED) is 0.796. The first-order valence-electron chi connectivity index (χ1n) is 6.72. The maximum Gasteiger partial charge on any atom is 0.304 e. The molecule has 0 bridgehead atoms. The highest BCUT2D eigenvalue weighted by Crippen LogP contribution is 2.13. The summed E-state index contributed by atoms with van der Waals surface area (Å²) in [5, 5.41) is 20.5. The Morgan fingerprint density at radius 3 is 2.67 bits per heavy atom. The number of anilines is 1. The summed E-state index contributed by atoms with van der Waals surface area (Å²) in [5.41, 5.74) is 0.861. The second-order valence-electron chi connectivity index (χ2n) is 4.72. The second kappa shape index (κ2) is 8.02. The Labute approximate surface area is 124 Å². The molecule has 1 amide bonds. The summed E-state index contributed by atoms with van der Waals surface area (Å²) in [6.45, 7) is 4.30. The van der Waals surface area contributed by atoms with Gasteiger partial charge in [0.15, 0.2) is 0 Å². The molecule has 0 fully saturated rings. The van der Waals surface area contributed by atoms with Crippen LogP contribution in [0.25, 0.3) is 0 Å². The van der Waals surface area contributed by atoms with Crippen molar-refractivity contribution in [3.8, 4) is 6.07 Å². The third-order valence-corrected chi connectivity index (χ3v) is 3.17. The Kier molecular flexibility index (Phi) is 6.37. The predicted octanol–water partition coefficient (Wildman–Crippen LogP) is 1.68. The molecule has 0 saturated carbocycles. The number of hydrogen-bond acceptors (Lipinski definition) is 4. The second-order valence-corrected chi connectivity index (χ2v) is 4.72. The summed E-state index contributed by atoms with van der Waals surface area (Å²) in [4.78, 5) is 24.5. The summed E-state index contributed by atoms with van der Waals surface area (Å²) < 4.78 is 0. The molecule has 6 heteroatoms. The van der Waals surface area contributed by atoms with Crippen molar-refractivity contribution in [3.05, 3.63) is 29.8 Å². The maximum atomic E-state index is 12.0. The number of carbonyl (C=O) groups is 2. The standard InChI is InChI=1S/C15H19N3O3/c1-3-18(11(2)8-15(20)21)10-14(19)17-13-7-5-4-6-12(13)9-16/h4-7,11H,3,8,10H2,1-2H3,(H,17,19)(H,20,21). The zero-order valence-corrected chi connectivity index (χ0v) is 12.2. The number of carboxylic acid groups (broad SMARTS) is 1. The highest BCUT2D eigenvalue weighted by atomic mass is 16.4. The number of rotatable bonds is 7. The zero-order valence-electron chi connectivity index (χ0n) is 12.2. The van der Waals surface area contributed by atoms with E-state index in [1.165, 1.54) is 0 Å². The monoisotopic (exact) mass is 289 g/mol. The van der Waals surface area contributed by atoms with Crippen molar-refractivity contribution in [2.75, 3.05) is 18.4 Å². The molecule has 0 spiro atoms. The molecule has 1 atom stereocenters. The Hall–Kier alpha value is -2.39. The summed E-state index contributed by atoms with van der Waals surface area (Å²) in [6.07, 6.45) is -0.0180. The van der Waals surface area contributed by atoms with Gasteiger partial charge in [-0.15, -0.1) is 0 Å². The van der Waals surface area contributed by atoms with E-state index in [9.17, 15) is 9.59 Å². The van der Waals surface area contributed by atoms with Crippen LogP contribution >= 0.6 is 0 Å². The van der Waals surface area contributed by atoms with E-state index in [2.05, 4.69) is 5.32 Å². The molecule has 6 nitrogen and oxygen atoms in total. The Balaban J connectivity index is 2.67. The van der Waals surface area contributed by atoms with Gasteiger partial charge >= 0.3 is 5.97 Å². The molecule has 0 aromatic heterocycles. The van der Waals surface area contributed by atoms with Crippen LogP contribution in [-0.4, -0.2) is 41.0 Å². The van der Waals surface area contributed by atoms with Crippen LogP contribution < -0.4 is 5.32 Å². The van der Waals surface area contributed by atoms with Crippen LogP contribution in [0, 0.1) is 11.3 Å². The SMILES string of the molecule is CCN(CC(=O)Nc1ccccc1C#N)C(C)CC(=O)O. The molecule has 0 aliphatic carbocycles. The van der Waals surface area contributed by atoms with Crippen LogP contribution in [0.2, 0.25) is 0 Å². The molecule has 21 heavy (non-hydrogen) atoms. The maximum absolute atomic E-state index is 12.0. The number of hydrogen-bond donors (Lipinski definition) is 2. The zero-order chi connectivity index (χ0) is 15.8. The fourth-order valence-corrected chi connectivity index (χ4v) is 2.02. The number of likely N-dealkylation sites (N-methyl/N-ethyl adjacent to an activating group) is 1. The van der Waals surface area contributed by atoms with Crippen molar-refractivity contribution in [3.63, 3.8) is 0 Å². The van der Waals surface area contributed by atoms with Crippen LogP contribution in [0.4, 0.5) is 5.69 Å². The summed E-state index contributed by atoms with van der Waals surface area (Å²) in [5.74, 6) is -1.16. The Bertz CT molecular complexity index is 551. The van der Waals surface area contributed by atoms with Gasteiger partial charge in [-0.05, 0) is 25.6 Å². The van der Waals surface area contributed by atoms with Gasteiger partial charge in [0.25, 0.3) is 0 Å². The van der Waals surface area contributed by atoms with Crippen LogP contribution in [-0.2, 0) is 9.59 Å². The minimum absolute atomic E-state index is 0.0180. The first-order valence-corrected chi connectivity index (χ1v) is 6.72. The van der Waals surface area contributed by atoms with E-state index < -0.39 is 5.97 Å². The summed E-state index contributed by atoms with van der Waals surface area (Å²) >= 11 is 0. The molecule has 0 aliphatic rings. The van der Waals surface area contributed by atoms with Gasteiger partial charge in [-0.1, -0.05) is 19.1 Å². The van der Waals surface area contributed by atoms with Crippen LogP contribution in [0.3, 0.4) is 0 Å². The van der Waals surface area contributed by atoms with Crippen molar-refractivity contribution in [2.24, 2.45) is 0 Å². The number of nitrogens with one attached hydrogen (secondary N) is 1. The van der Waals surface area contributed by atoms with Gasteiger partial charge in [-0.3, -0.25) is 14.5 Å². The largest absolute Gasteiger partial charge is 0.481 e. The van der Waals surface area contributed by atoms with E-state index in [0.29, 0.717) is 17.8 Å². The van der Waals surface area contributed by atoms with Gasteiger partial charge in [-0.2, -0.15) is 5.26 Å². The average molecular weight is 289 g/mol. The minimum Gasteiger partial charge on any atom is -0.481 e. The molecule has 1 aromatic carbocycles. The van der Waals surface area contributed by atoms with Crippen molar-refractivity contribution < 1.29 is 14.7 Å². The molecule has 112 valence electrons. The first-order chi connectivity index (χ1) is 9.97. The number of nitrogens with zero attached hydrogens (tertiary/aromatic N) is 2. The van der Waals surface area contributed by atoms with Crippen LogP contribution in [0.5, 0.6) is 0 Å². The van der Waals surface area contributed by atoms with Gasteiger partial charge in [0, 0.05) is 6.04 Å². The lowest BCUT2D eigenvalue weighted by atomic mass is 10.2. The first kappa shape index (κ1) is 16.7. The predicted molar refractivity (Wildman–Crippen MR) is 78.7 cm³/mol. The lowest BCUT2D eigenvalue weighted by Gasteiger charge is -2.26. The molecule has 1 unspecified atom stereocenters. The number of nitriles is 1. The fourth-order valence-electron chi connectivity index (χ4n) is 2.02. The number of carboxylic acids is 1. The van der Waals surface area contributed by atoms with Crippen LogP contribution in [0.1, 0.15) is 25.8 Å². The van der Waals surface area contributed by atoms with Crippen molar-refractivity contribution in [1.29, 1.82) is 5.26 Å². The lowest BCUT2D eigenvalue weighted by molar-refractivity contribution is -0.138. The van der Waals surface area contributed by atoms with Gasteiger partial charge in [-0.25, -0.2) is 0 Å². The lowest BCUT2D eigenvalue weighted by Crippen LogP contribution is -2.40.